The van der Waals surface area contributed by atoms with Crippen LogP contribution in [-0.2, 0) is 21.7 Å². The van der Waals surface area contributed by atoms with E-state index in [0.29, 0.717) is 24.9 Å². The Morgan fingerprint density at radius 3 is 2.76 bits per heavy atom. The maximum absolute atomic E-state index is 12.3. The summed E-state index contributed by atoms with van der Waals surface area (Å²) in [4.78, 5) is 11.3. The molecule has 0 saturated carbocycles. The number of hydrogen-bond donors (Lipinski definition) is 1. The monoisotopic (exact) mass is 259 g/mol. The molecule has 17 heavy (non-hydrogen) atoms. The number of rotatable bonds is 2. The zero-order valence-corrected chi connectivity index (χ0v) is 9.59. The summed E-state index contributed by atoms with van der Waals surface area (Å²) in [7, 11) is -5.01. The van der Waals surface area contributed by atoms with E-state index < -0.39 is 10.5 Å². The Morgan fingerprint density at radius 1 is 1.29 bits per heavy atom. The van der Waals surface area contributed by atoms with Crippen LogP contribution in [-0.4, -0.2) is 14.3 Å². The molecule has 1 aliphatic rings. The van der Waals surface area contributed by atoms with E-state index in [9.17, 15) is 17.1 Å². The molecular formula is C10H10FNO4S. The predicted octanol–water partition coefficient (Wildman–Crippen LogP) is 1.55. The quantitative estimate of drug-likeness (QED) is 0.818. The standard InChI is InChI=1S/C10H10FNO4S/c11-17(14,15)16-8-4-5-9-7(6-8)2-1-3-10(13)12-9/h4-6H,1-3H2,(H,12,13). The minimum atomic E-state index is -5.01. The summed E-state index contributed by atoms with van der Waals surface area (Å²) in [6, 6.07) is 4.21. The molecule has 92 valence electrons. The van der Waals surface area contributed by atoms with Crippen molar-refractivity contribution < 1.29 is 21.3 Å². The molecular weight excluding hydrogens is 249 g/mol. The number of hydrogen-bond acceptors (Lipinski definition) is 4. The second-order valence-corrected chi connectivity index (χ2v) is 4.65. The number of benzene rings is 1. The molecule has 0 radical (unpaired) electrons. The number of aryl methyl sites for hydroxylation is 1. The van der Waals surface area contributed by atoms with E-state index in [-0.39, 0.29) is 11.7 Å². The minimum Gasteiger partial charge on any atom is -0.358 e. The highest BCUT2D eigenvalue weighted by molar-refractivity contribution is 7.81. The van der Waals surface area contributed by atoms with Gasteiger partial charge in [-0.1, -0.05) is 3.89 Å². The Morgan fingerprint density at radius 2 is 2.06 bits per heavy atom. The molecule has 7 heteroatoms. The van der Waals surface area contributed by atoms with Gasteiger partial charge in [-0.3, -0.25) is 4.79 Å². The van der Waals surface area contributed by atoms with E-state index in [1.807, 2.05) is 0 Å². The van der Waals surface area contributed by atoms with Crippen LogP contribution in [0.3, 0.4) is 0 Å². The van der Waals surface area contributed by atoms with Gasteiger partial charge in [0.2, 0.25) is 5.91 Å². The SMILES string of the molecule is O=C1CCCc2cc(OS(=O)(=O)F)ccc2N1. The van der Waals surface area contributed by atoms with Crippen molar-refractivity contribution in [2.75, 3.05) is 5.32 Å². The van der Waals surface area contributed by atoms with Crippen molar-refractivity contribution >= 4 is 22.1 Å². The van der Waals surface area contributed by atoms with Gasteiger partial charge in [-0.2, -0.15) is 8.42 Å². The first kappa shape index (κ1) is 11.8. The number of fused-ring (bicyclic) bond motifs is 1. The Kier molecular flexibility index (Phi) is 3.01. The normalized spacial score (nSPS) is 15.7. The van der Waals surface area contributed by atoms with Gasteiger partial charge in [0.25, 0.3) is 0 Å². The number of anilines is 1. The molecule has 0 aromatic heterocycles. The fourth-order valence-electron chi connectivity index (χ4n) is 1.72. The summed E-state index contributed by atoms with van der Waals surface area (Å²) >= 11 is 0. The van der Waals surface area contributed by atoms with Crippen LogP contribution in [0.1, 0.15) is 18.4 Å². The lowest BCUT2D eigenvalue weighted by atomic mass is 10.1. The molecule has 0 fully saturated rings. The summed E-state index contributed by atoms with van der Waals surface area (Å²) in [6.07, 6.45) is 1.68. The van der Waals surface area contributed by atoms with Crippen molar-refractivity contribution in [1.82, 2.24) is 0 Å². The molecule has 0 aliphatic carbocycles. The van der Waals surface area contributed by atoms with Crippen LogP contribution >= 0.6 is 0 Å². The van der Waals surface area contributed by atoms with E-state index >= 15 is 0 Å². The molecule has 0 unspecified atom stereocenters. The van der Waals surface area contributed by atoms with Gasteiger partial charge in [0, 0.05) is 12.1 Å². The molecule has 1 aromatic rings. The van der Waals surface area contributed by atoms with E-state index in [4.69, 9.17) is 0 Å². The van der Waals surface area contributed by atoms with Crippen LogP contribution in [0.2, 0.25) is 0 Å². The van der Waals surface area contributed by atoms with Crippen molar-refractivity contribution in [3.63, 3.8) is 0 Å². The lowest BCUT2D eigenvalue weighted by Gasteiger charge is -2.08. The molecule has 1 amide bonds. The number of carbonyl (C=O) groups is 1. The summed E-state index contributed by atoms with van der Waals surface area (Å²) in [5.41, 5.74) is 1.34. The average Bonchev–Trinajstić information content (AvgIpc) is 2.36. The fraction of sp³-hybridized carbons (Fsp3) is 0.300. The second kappa shape index (κ2) is 4.33. The lowest BCUT2D eigenvalue weighted by Crippen LogP contribution is -2.09. The van der Waals surface area contributed by atoms with Crippen LogP contribution in [0.4, 0.5) is 9.57 Å². The van der Waals surface area contributed by atoms with E-state index in [1.165, 1.54) is 18.2 Å². The van der Waals surface area contributed by atoms with Crippen molar-refractivity contribution in [1.29, 1.82) is 0 Å². The summed E-state index contributed by atoms with van der Waals surface area (Å²) in [5, 5.41) is 2.67. The third kappa shape index (κ3) is 3.16. The smallest absolute Gasteiger partial charge is 0.358 e. The maximum Gasteiger partial charge on any atom is 0.488 e. The number of carbonyl (C=O) groups excluding carboxylic acids is 1. The average molecular weight is 259 g/mol. The number of amides is 1. The first-order chi connectivity index (χ1) is 7.94. The first-order valence-corrected chi connectivity index (χ1v) is 6.32. The zero-order valence-electron chi connectivity index (χ0n) is 8.77. The summed E-state index contributed by atoms with van der Waals surface area (Å²) < 4.78 is 37.1. The summed E-state index contributed by atoms with van der Waals surface area (Å²) in [5.74, 6) is -0.182. The Labute approximate surface area is 98.0 Å². The van der Waals surface area contributed by atoms with Gasteiger partial charge < -0.3 is 9.50 Å². The molecule has 5 nitrogen and oxygen atoms in total. The molecule has 1 aromatic carbocycles. The van der Waals surface area contributed by atoms with Gasteiger partial charge in [0.05, 0.1) is 0 Å². The van der Waals surface area contributed by atoms with Crippen LogP contribution < -0.4 is 9.50 Å². The highest BCUT2D eigenvalue weighted by Crippen LogP contribution is 2.27. The molecule has 0 saturated heterocycles. The van der Waals surface area contributed by atoms with Gasteiger partial charge in [0.1, 0.15) is 5.75 Å². The molecule has 2 rings (SSSR count). The predicted molar refractivity (Wildman–Crippen MR) is 58.7 cm³/mol. The highest BCUT2D eigenvalue weighted by atomic mass is 32.3. The molecule has 0 spiro atoms. The van der Waals surface area contributed by atoms with Gasteiger partial charge in [-0.05, 0) is 36.6 Å². The second-order valence-electron chi connectivity index (χ2n) is 3.70. The van der Waals surface area contributed by atoms with Gasteiger partial charge in [-0.25, -0.2) is 0 Å². The van der Waals surface area contributed by atoms with Crippen molar-refractivity contribution in [3.05, 3.63) is 23.8 Å². The van der Waals surface area contributed by atoms with Crippen molar-refractivity contribution in [2.24, 2.45) is 0 Å². The summed E-state index contributed by atoms with van der Waals surface area (Å²) in [6.45, 7) is 0. The first-order valence-electron chi connectivity index (χ1n) is 5.01. The largest absolute Gasteiger partial charge is 0.488 e. The van der Waals surface area contributed by atoms with E-state index in [0.717, 1.165) is 5.56 Å². The van der Waals surface area contributed by atoms with Crippen LogP contribution in [0, 0.1) is 0 Å². The van der Waals surface area contributed by atoms with Gasteiger partial charge in [0.15, 0.2) is 0 Å². The molecule has 0 atom stereocenters. The Balaban J connectivity index is 2.31. The Hall–Kier alpha value is -1.63. The van der Waals surface area contributed by atoms with Crippen molar-refractivity contribution in [3.8, 4) is 5.75 Å². The maximum atomic E-state index is 12.3. The molecule has 1 heterocycles. The third-order valence-corrected chi connectivity index (χ3v) is 2.79. The van der Waals surface area contributed by atoms with Gasteiger partial charge >= 0.3 is 10.5 Å². The fourth-order valence-corrected chi connectivity index (χ4v) is 2.05. The lowest BCUT2D eigenvalue weighted by molar-refractivity contribution is -0.116. The number of nitrogens with one attached hydrogen (secondary N) is 1. The van der Waals surface area contributed by atoms with Crippen LogP contribution in [0.25, 0.3) is 0 Å². The van der Waals surface area contributed by atoms with E-state index in [1.54, 1.807) is 0 Å². The van der Waals surface area contributed by atoms with Crippen molar-refractivity contribution in [2.45, 2.75) is 19.3 Å². The third-order valence-electron chi connectivity index (χ3n) is 2.40. The molecule has 1 aliphatic heterocycles. The number of halogens is 1. The topological polar surface area (TPSA) is 72.5 Å². The van der Waals surface area contributed by atoms with Crippen LogP contribution in [0.5, 0.6) is 5.75 Å². The van der Waals surface area contributed by atoms with Gasteiger partial charge in [-0.15, -0.1) is 0 Å². The van der Waals surface area contributed by atoms with E-state index in [2.05, 4.69) is 9.50 Å². The highest BCUT2D eigenvalue weighted by Gasteiger charge is 2.15. The minimum absolute atomic E-state index is 0.0875. The molecule has 0 bridgehead atoms. The zero-order chi connectivity index (χ0) is 12.5. The Bertz CT molecular complexity index is 555. The molecule has 1 N–H and O–H groups in total. The van der Waals surface area contributed by atoms with Crippen LogP contribution in [0.15, 0.2) is 18.2 Å².